The summed E-state index contributed by atoms with van der Waals surface area (Å²) in [4.78, 5) is -0.468. The molecule has 1 aromatic rings. The van der Waals surface area contributed by atoms with Gasteiger partial charge in [0.15, 0.2) is 0 Å². The predicted octanol–water partition coefficient (Wildman–Crippen LogP) is 2.53. The molecule has 1 N–H and O–H groups in total. The van der Waals surface area contributed by atoms with Crippen LogP contribution in [0.2, 0.25) is 5.02 Å². The molecule has 0 unspecified atom stereocenters. The number of rotatable bonds is 3. The summed E-state index contributed by atoms with van der Waals surface area (Å²) in [5.74, 6) is -0.931. The normalized spacial score (nSPS) is 19.4. The summed E-state index contributed by atoms with van der Waals surface area (Å²) in [5.41, 5.74) is -0.666. The van der Waals surface area contributed by atoms with E-state index < -0.39 is 32.9 Å². The van der Waals surface area contributed by atoms with Gasteiger partial charge in [-0.2, -0.15) is 4.31 Å². The Labute approximate surface area is 123 Å². The fourth-order valence-electron chi connectivity index (χ4n) is 2.57. The molecule has 0 saturated carbocycles. The zero-order chi connectivity index (χ0) is 15.1. The molecule has 2 rings (SSSR count). The molecule has 0 radical (unpaired) electrons. The predicted molar refractivity (Wildman–Crippen MR) is 74.5 cm³/mol. The maximum absolute atomic E-state index is 14.2. The molecule has 112 valence electrons. The van der Waals surface area contributed by atoms with Crippen LogP contribution in [0.1, 0.15) is 32.3 Å². The third kappa shape index (κ3) is 2.57. The molecule has 0 amide bonds. The van der Waals surface area contributed by atoms with E-state index in [0.29, 0.717) is 6.54 Å². The molecule has 0 atom stereocenters. The number of hydrogen-bond acceptors (Lipinski definition) is 3. The Hall–Kier alpha value is -0.690. The third-order valence-corrected chi connectivity index (χ3v) is 5.97. The minimum Gasteiger partial charge on any atom is -0.392 e. The molecule has 1 saturated heterocycles. The van der Waals surface area contributed by atoms with Gasteiger partial charge in [0.1, 0.15) is 10.7 Å². The van der Waals surface area contributed by atoms with Crippen molar-refractivity contribution in [2.24, 2.45) is 0 Å². The van der Waals surface area contributed by atoms with Crippen molar-refractivity contribution in [2.45, 2.75) is 43.7 Å². The van der Waals surface area contributed by atoms with Crippen molar-refractivity contribution in [3.63, 3.8) is 0 Å². The van der Waals surface area contributed by atoms with Gasteiger partial charge in [-0.05, 0) is 38.8 Å². The van der Waals surface area contributed by atoms with Crippen LogP contribution in [0.25, 0.3) is 0 Å². The van der Waals surface area contributed by atoms with Crippen LogP contribution in [0, 0.1) is 5.82 Å². The molecular formula is C13H17ClFNO3S. The molecule has 1 heterocycles. The monoisotopic (exact) mass is 321 g/mol. The Bertz CT molecular complexity index is 631. The summed E-state index contributed by atoms with van der Waals surface area (Å²) >= 11 is 5.82. The van der Waals surface area contributed by atoms with Crippen LogP contribution >= 0.6 is 11.6 Å². The molecule has 1 aromatic carbocycles. The lowest BCUT2D eigenvalue weighted by Gasteiger charge is -2.30. The Balaban J connectivity index is 2.58. The summed E-state index contributed by atoms with van der Waals surface area (Å²) in [6.07, 6.45) is 1.46. The van der Waals surface area contributed by atoms with E-state index in [1.54, 1.807) is 0 Å². The maximum atomic E-state index is 14.2. The molecule has 7 heteroatoms. The molecule has 0 aliphatic carbocycles. The van der Waals surface area contributed by atoms with Gasteiger partial charge in [-0.25, -0.2) is 12.8 Å². The lowest BCUT2D eigenvalue weighted by molar-refractivity contribution is 0.273. The average molecular weight is 322 g/mol. The molecule has 1 aliphatic heterocycles. The second-order valence-corrected chi connectivity index (χ2v) is 7.80. The average Bonchev–Trinajstić information content (AvgIpc) is 2.71. The molecule has 4 nitrogen and oxygen atoms in total. The van der Waals surface area contributed by atoms with Crippen LogP contribution in [0.3, 0.4) is 0 Å². The highest BCUT2D eigenvalue weighted by Gasteiger charge is 2.42. The van der Waals surface area contributed by atoms with Gasteiger partial charge >= 0.3 is 0 Å². The van der Waals surface area contributed by atoms with E-state index in [0.717, 1.165) is 18.9 Å². The topological polar surface area (TPSA) is 57.6 Å². The smallest absolute Gasteiger partial charge is 0.246 e. The van der Waals surface area contributed by atoms with Crippen molar-refractivity contribution in [1.29, 1.82) is 0 Å². The number of halogens is 2. The Morgan fingerprint density at radius 2 is 2.10 bits per heavy atom. The highest BCUT2D eigenvalue weighted by molar-refractivity contribution is 7.89. The van der Waals surface area contributed by atoms with Crippen molar-refractivity contribution in [1.82, 2.24) is 4.31 Å². The van der Waals surface area contributed by atoms with Gasteiger partial charge in [-0.3, -0.25) is 0 Å². The quantitative estimate of drug-likeness (QED) is 0.930. The van der Waals surface area contributed by atoms with Gasteiger partial charge in [0.25, 0.3) is 0 Å². The van der Waals surface area contributed by atoms with Gasteiger partial charge in [-0.1, -0.05) is 11.6 Å². The first-order valence-electron chi connectivity index (χ1n) is 6.32. The lowest BCUT2D eigenvalue weighted by atomic mass is 10.0. The summed E-state index contributed by atoms with van der Waals surface area (Å²) < 4.78 is 40.8. The van der Waals surface area contributed by atoms with E-state index in [1.807, 2.05) is 13.8 Å². The third-order valence-electron chi connectivity index (χ3n) is 3.64. The van der Waals surface area contributed by atoms with E-state index in [2.05, 4.69) is 0 Å². The first kappa shape index (κ1) is 15.7. The molecule has 0 bridgehead atoms. The molecule has 0 spiro atoms. The summed E-state index contributed by atoms with van der Waals surface area (Å²) in [5, 5.41) is 9.18. The van der Waals surface area contributed by atoms with Crippen molar-refractivity contribution < 1.29 is 17.9 Å². The van der Waals surface area contributed by atoms with Gasteiger partial charge < -0.3 is 5.11 Å². The number of aliphatic hydroxyl groups excluding tert-OH is 1. The van der Waals surface area contributed by atoms with Gasteiger partial charge in [0.05, 0.1) is 6.61 Å². The number of benzene rings is 1. The zero-order valence-corrected chi connectivity index (χ0v) is 12.9. The summed E-state index contributed by atoms with van der Waals surface area (Å²) in [7, 11) is -3.97. The Morgan fingerprint density at radius 3 is 2.60 bits per heavy atom. The van der Waals surface area contributed by atoms with Gasteiger partial charge in [-0.15, -0.1) is 0 Å². The maximum Gasteiger partial charge on any atom is 0.246 e. The minimum atomic E-state index is -3.97. The second kappa shape index (κ2) is 5.26. The van der Waals surface area contributed by atoms with Crippen LogP contribution in [0.5, 0.6) is 0 Å². The van der Waals surface area contributed by atoms with Gasteiger partial charge in [0, 0.05) is 22.7 Å². The van der Waals surface area contributed by atoms with E-state index in [-0.39, 0.29) is 10.6 Å². The van der Waals surface area contributed by atoms with Crippen molar-refractivity contribution in [3.05, 3.63) is 28.5 Å². The fraction of sp³-hybridized carbons (Fsp3) is 0.538. The standard InChI is InChI=1S/C13H17ClFNO3S/c1-13(2)4-3-5-16(13)20(18,19)11-7-10(14)6-9(8-17)12(11)15/h6-7,17H,3-5,8H2,1-2H3. The van der Waals surface area contributed by atoms with Crippen LogP contribution in [-0.2, 0) is 16.6 Å². The number of sulfonamides is 1. The Morgan fingerprint density at radius 1 is 1.45 bits per heavy atom. The fourth-order valence-corrected chi connectivity index (χ4v) is 4.86. The molecule has 1 fully saturated rings. The highest BCUT2D eigenvalue weighted by atomic mass is 35.5. The largest absolute Gasteiger partial charge is 0.392 e. The Kier molecular flexibility index (Phi) is 4.12. The molecule has 1 aliphatic rings. The SMILES string of the molecule is CC1(C)CCCN1S(=O)(=O)c1cc(Cl)cc(CO)c1F. The first-order chi connectivity index (χ1) is 9.20. The molecule has 20 heavy (non-hydrogen) atoms. The molecular weight excluding hydrogens is 305 g/mol. The second-order valence-electron chi connectivity index (χ2n) is 5.53. The van der Waals surface area contributed by atoms with Crippen LogP contribution in [0.4, 0.5) is 4.39 Å². The van der Waals surface area contributed by atoms with E-state index in [9.17, 15) is 12.8 Å². The van der Waals surface area contributed by atoms with Crippen molar-refractivity contribution in [3.8, 4) is 0 Å². The highest BCUT2D eigenvalue weighted by Crippen LogP contribution is 2.36. The van der Waals surface area contributed by atoms with E-state index in [4.69, 9.17) is 16.7 Å². The summed E-state index contributed by atoms with van der Waals surface area (Å²) in [6.45, 7) is 3.38. The number of aliphatic hydroxyl groups is 1. The number of hydrogen-bond donors (Lipinski definition) is 1. The van der Waals surface area contributed by atoms with Crippen LogP contribution in [-0.4, -0.2) is 29.9 Å². The first-order valence-corrected chi connectivity index (χ1v) is 8.13. The molecule has 0 aromatic heterocycles. The lowest BCUT2D eigenvalue weighted by Crippen LogP contribution is -2.42. The van der Waals surface area contributed by atoms with Gasteiger partial charge in [0.2, 0.25) is 10.0 Å². The van der Waals surface area contributed by atoms with Crippen LogP contribution in [0.15, 0.2) is 17.0 Å². The minimum absolute atomic E-state index is 0.0889. The zero-order valence-electron chi connectivity index (χ0n) is 11.4. The van der Waals surface area contributed by atoms with E-state index in [1.165, 1.54) is 10.4 Å². The van der Waals surface area contributed by atoms with E-state index >= 15 is 0 Å². The van der Waals surface area contributed by atoms with Crippen LogP contribution < -0.4 is 0 Å². The van der Waals surface area contributed by atoms with Crippen molar-refractivity contribution in [2.75, 3.05) is 6.54 Å². The number of nitrogens with zero attached hydrogens (tertiary/aromatic N) is 1. The summed E-state index contributed by atoms with van der Waals surface area (Å²) in [6, 6.07) is 2.32. The van der Waals surface area contributed by atoms with Crippen molar-refractivity contribution >= 4 is 21.6 Å².